The Labute approximate surface area is 95.0 Å². The zero-order valence-corrected chi connectivity index (χ0v) is 9.39. The second-order valence-electron chi connectivity index (χ2n) is 4.89. The van der Waals surface area contributed by atoms with Gasteiger partial charge in [0.25, 0.3) is 0 Å². The van der Waals surface area contributed by atoms with Crippen LogP contribution in [0.2, 0.25) is 0 Å². The first kappa shape index (κ1) is 11.8. The number of carbonyl (C=O) groups is 1. The number of ether oxygens (including phenoxy) is 1. The highest BCUT2D eigenvalue weighted by Gasteiger charge is 2.40. The van der Waals surface area contributed by atoms with E-state index < -0.39 is 5.97 Å². The molecule has 5 heteroatoms. The molecule has 2 saturated heterocycles. The van der Waals surface area contributed by atoms with Gasteiger partial charge in [-0.2, -0.15) is 0 Å². The molecule has 2 aliphatic heterocycles. The smallest absolute Gasteiger partial charge is 0.317 e. The lowest BCUT2D eigenvalue weighted by Crippen LogP contribution is -2.54. The second kappa shape index (κ2) is 4.69. The first-order valence-corrected chi connectivity index (χ1v) is 5.86. The molecule has 0 unspecified atom stereocenters. The van der Waals surface area contributed by atoms with E-state index in [4.69, 9.17) is 9.84 Å². The molecule has 2 rings (SSSR count). The summed E-state index contributed by atoms with van der Waals surface area (Å²) in [5.74, 6) is -0.798. The van der Waals surface area contributed by atoms with E-state index in [-0.39, 0.29) is 18.2 Å². The lowest BCUT2D eigenvalue weighted by molar-refractivity contribution is -0.154. The molecule has 0 radical (unpaired) electrons. The number of nitrogens with zero attached hydrogens (tertiary/aromatic N) is 1. The third-order valence-electron chi connectivity index (χ3n) is 3.44. The molecule has 0 aromatic carbocycles. The van der Waals surface area contributed by atoms with Crippen molar-refractivity contribution in [3.8, 4) is 0 Å². The fourth-order valence-corrected chi connectivity index (χ4v) is 2.80. The quantitative estimate of drug-likeness (QED) is 0.701. The summed E-state index contributed by atoms with van der Waals surface area (Å²) < 4.78 is 5.79. The molecule has 0 aliphatic carbocycles. The van der Waals surface area contributed by atoms with Crippen molar-refractivity contribution in [1.82, 2.24) is 4.90 Å². The van der Waals surface area contributed by atoms with Crippen molar-refractivity contribution in [3.63, 3.8) is 0 Å². The van der Waals surface area contributed by atoms with E-state index in [2.05, 4.69) is 0 Å². The maximum Gasteiger partial charge on any atom is 0.317 e. The molecule has 2 N–H and O–H groups in total. The number of piperidine rings is 1. The van der Waals surface area contributed by atoms with E-state index in [1.165, 1.54) is 0 Å². The van der Waals surface area contributed by atoms with Gasteiger partial charge in [-0.05, 0) is 25.8 Å². The number of rotatable bonds is 2. The van der Waals surface area contributed by atoms with Crippen LogP contribution in [0.3, 0.4) is 0 Å². The maximum absolute atomic E-state index is 10.7. The Morgan fingerprint density at radius 3 is 3.06 bits per heavy atom. The normalized spacial score (nSPS) is 36.4. The first-order chi connectivity index (χ1) is 7.60. The van der Waals surface area contributed by atoms with Gasteiger partial charge in [0.15, 0.2) is 0 Å². The van der Waals surface area contributed by atoms with Gasteiger partial charge < -0.3 is 14.9 Å². The van der Waals surface area contributed by atoms with Gasteiger partial charge in [0, 0.05) is 19.6 Å². The minimum Gasteiger partial charge on any atom is -0.480 e. The molecule has 2 aliphatic rings. The maximum atomic E-state index is 10.7. The van der Waals surface area contributed by atoms with Gasteiger partial charge in [0.2, 0.25) is 0 Å². The summed E-state index contributed by atoms with van der Waals surface area (Å²) in [6.07, 6.45) is 2.92. The number of hydrogen-bond donors (Lipinski definition) is 2. The predicted molar refractivity (Wildman–Crippen MR) is 57.2 cm³/mol. The highest BCUT2D eigenvalue weighted by Crippen LogP contribution is 2.33. The van der Waals surface area contributed by atoms with Crippen LogP contribution >= 0.6 is 0 Å². The molecule has 2 heterocycles. The number of hydrogen-bond acceptors (Lipinski definition) is 4. The molecule has 1 spiro atoms. The molecule has 5 nitrogen and oxygen atoms in total. The monoisotopic (exact) mass is 229 g/mol. The van der Waals surface area contributed by atoms with Crippen LogP contribution in [0.5, 0.6) is 0 Å². The Morgan fingerprint density at radius 1 is 1.56 bits per heavy atom. The van der Waals surface area contributed by atoms with Crippen molar-refractivity contribution >= 4 is 5.97 Å². The molecule has 2 fully saturated rings. The first-order valence-electron chi connectivity index (χ1n) is 5.86. The highest BCUT2D eigenvalue weighted by atomic mass is 16.5. The van der Waals surface area contributed by atoms with Crippen LogP contribution in [0.1, 0.15) is 25.7 Å². The summed E-state index contributed by atoms with van der Waals surface area (Å²) in [4.78, 5) is 12.6. The minimum atomic E-state index is -0.798. The Bertz CT molecular complexity index is 267. The summed E-state index contributed by atoms with van der Waals surface area (Å²) in [5.41, 5.74) is -0.300. The molecule has 0 amide bonds. The molecule has 0 saturated carbocycles. The van der Waals surface area contributed by atoms with Gasteiger partial charge in [-0.15, -0.1) is 0 Å². The lowest BCUT2D eigenvalue weighted by Gasteiger charge is -2.45. The fraction of sp³-hybridized carbons (Fsp3) is 0.909. The summed E-state index contributed by atoms with van der Waals surface area (Å²) in [7, 11) is 0. The number of aliphatic carboxylic acids is 1. The number of carboxylic acids is 1. The minimum absolute atomic E-state index is 0.0706. The summed E-state index contributed by atoms with van der Waals surface area (Å²) in [5, 5.41) is 18.5. The Hall–Kier alpha value is -0.650. The lowest BCUT2D eigenvalue weighted by atomic mass is 9.84. The summed E-state index contributed by atoms with van der Waals surface area (Å²) >= 11 is 0. The third-order valence-corrected chi connectivity index (χ3v) is 3.44. The van der Waals surface area contributed by atoms with E-state index in [0.29, 0.717) is 26.0 Å². The van der Waals surface area contributed by atoms with Crippen molar-refractivity contribution in [2.24, 2.45) is 0 Å². The molecule has 0 aromatic rings. The molecule has 16 heavy (non-hydrogen) atoms. The van der Waals surface area contributed by atoms with Crippen molar-refractivity contribution in [3.05, 3.63) is 0 Å². The number of carboxylic acid groups (broad SMARTS) is 1. The van der Waals surface area contributed by atoms with Crippen LogP contribution in [-0.2, 0) is 9.53 Å². The number of likely N-dealkylation sites (tertiary alicyclic amines) is 1. The van der Waals surface area contributed by atoms with Crippen LogP contribution < -0.4 is 0 Å². The molecule has 2 atom stereocenters. The van der Waals surface area contributed by atoms with Gasteiger partial charge >= 0.3 is 5.97 Å². The van der Waals surface area contributed by atoms with Gasteiger partial charge in [-0.25, -0.2) is 0 Å². The number of aliphatic hydroxyl groups is 1. The highest BCUT2D eigenvalue weighted by molar-refractivity contribution is 5.69. The Balaban J connectivity index is 1.96. The fourth-order valence-electron chi connectivity index (χ4n) is 2.80. The standard InChI is InChI=1S/C11H19NO4/c13-9-2-5-16-11(6-9)3-1-4-12(8-11)7-10(14)15/h9,13H,1-8H2,(H,14,15)/t9-,11-/m0/s1. The number of aliphatic hydroxyl groups excluding tert-OH is 1. The van der Waals surface area contributed by atoms with Gasteiger partial charge in [-0.1, -0.05) is 0 Å². The van der Waals surface area contributed by atoms with Gasteiger partial charge in [0.05, 0.1) is 18.2 Å². The van der Waals surface area contributed by atoms with Gasteiger partial charge in [0.1, 0.15) is 0 Å². The Morgan fingerprint density at radius 2 is 2.38 bits per heavy atom. The summed E-state index contributed by atoms with van der Waals surface area (Å²) in [6, 6.07) is 0. The molecular formula is C11H19NO4. The van der Waals surface area contributed by atoms with E-state index in [9.17, 15) is 9.90 Å². The van der Waals surface area contributed by atoms with Crippen molar-refractivity contribution < 1.29 is 19.7 Å². The largest absolute Gasteiger partial charge is 0.480 e. The van der Waals surface area contributed by atoms with E-state index >= 15 is 0 Å². The van der Waals surface area contributed by atoms with E-state index in [1.54, 1.807) is 0 Å². The topological polar surface area (TPSA) is 70.0 Å². The van der Waals surface area contributed by atoms with Crippen molar-refractivity contribution in [2.45, 2.75) is 37.4 Å². The third kappa shape index (κ3) is 2.72. The van der Waals surface area contributed by atoms with Crippen LogP contribution in [0.4, 0.5) is 0 Å². The zero-order valence-electron chi connectivity index (χ0n) is 9.39. The van der Waals surface area contributed by atoms with Crippen molar-refractivity contribution in [2.75, 3.05) is 26.2 Å². The average molecular weight is 229 g/mol. The zero-order chi connectivity index (χ0) is 11.6. The molecule has 0 aromatic heterocycles. The van der Waals surface area contributed by atoms with Gasteiger partial charge in [-0.3, -0.25) is 9.69 Å². The van der Waals surface area contributed by atoms with Crippen LogP contribution in [0.15, 0.2) is 0 Å². The summed E-state index contributed by atoms with van der Waals surface area (Å²) in [6.45, 7) is 2.10. The van der Waals surface area contributed by atoms with Crippen LogP contribution in [-0.4, -0.2) is 59.0 Å². The molecular weight excluding hydrogens is 210 g/mol. The van der Waals surface area contributed by atoms with E-state index in [0.717, 1.165) is 19.4 Å². The van der Waals surface area contributed by atoms with Crippen LogP contribution in [0.25, 0.3) is 0 Å². The SMILES string of the molecule is O=C(O)CN1CCC[C@]2(C[C@@H](O)CCO2)C1. The predicted octanol–water partition coefficient (Wildman–Crippen LogP) is 0.0769. The van der Waals surface area contributed by atoms with E-state index in [1.807, 2.05) is 4.90 Å². The molecule has 0 bridgehead atoms. The van der Waals surface area contributed by atoms with Crippen LogP contribution in [0, 0.1) is 0 Å². The van der Waals surface area contributed by atoms with Crippen molar-refractivity contribution in [1.29, 1.82) is 0 Å². The molecule has 92 valence electrons. The second-order valence-corrected chi connectivity index (χ2v) is 4.89. The Kier molecular flexibility index (Phi) is 3.47. The average Bonchev–Trinajstić information content (AvgIpc) is 2.15.